The third-order valence-electron chi connectivity index (χ3n) is 3.65. The number of rotatable bonds is 10. The molecule has 2 aromatic rings. The molecule has 0 aliphatic carbocycles. The van der Waals surface area contributed by atoms with Crippen LogP contribution >= 0.6 is 38.6 Å². The van der Waals surface area contributed by atoms with E-state index in [1.165, 1.54) is 18.4 Å². The van der Waals surface area contributed by atoms with Crippen LogP contribution in [0, 0.1) is 5.92 Å². The topological polar surface area (TPSA) is 73.9 Å². The number of halogens is 1. The van der Waals surface area contributed by atoms with Crippen LogP contribution in [0.5, 0.6) is 5.75 Å². The first-order chi connectivity index (χ1) is 13.4. The number of methoxy groups -OCH3 is 1. The third kappa shape index (κ3) is 5.79. The van der Waals surface area contributed by atoms with Crippen LogP contribution in [-0.2, 0) is 20.8 Å². The molecule has 0 aromatic carbocycles. The molecule has 6 nitrogen and oxygen atoms in total. The Morgan fingerprint density at radius 2 is 2.07 bits per heavy atom. The minimum Gasteiger partial charge on any atom is -0.479 e. The lowest BCUT2D eigenvalue weighted by Crippen LogP contribution is -2.18. The fourth-order valence-electron chi connectivity index (χ4n) is 2.41. The fraction of sp³-hybridized carbons (Fsp3) is 0.474. The molecule has 1 N–H and O–H groups in total. The lowest BCUT2D eigenvalue weighted by Gasteiger charge is -2.08. The van der Waals surface area contributed by atoms with E-state index in [0.29, 0.717) is 21.0 Å². The molecule has 154 valence electrons. The van der Waals surface area contributed by atoms with Gasteiger partial charge in [0.25, 0.3) is 0 Å². The van der Waals surface area contributed by atoms with Gasteiger partial charge in [-0.2, -0.15) is 0 Å². The van der Waals surface area contributed by atoms with Gasteiger partial charge in [0.1, 0.15) is 0 Å². The van der Waals surface area contributed by atoms with Gasteiger partial charge in [-0.3, -0.25) is 0 Å². The summed E-state index contributed by atoms with van der Waals surface area (Å²) in [6, 6.07) is 2.02. The van der Waals surface area contributed by atoms with Gasteiger partial charge < -0.3 is 19.5 Å². The van der Waals surface area contributed by atoms with Gasteiger partial charge in [-0.25, -0.2) is 9.59 Å². The predicted molar refractivity (Wildman–Crippen MR) is 115 cm³/mol. The molecule has 0 bridgehead atoms. The van der Waals surface area contributed by atoms with Crippen LogP contribution in [0.25, 0.3) is 10.4 Å². The second-order valence-corrected chi connectivity index (χ2v) is 9.09. The smallest absolute Gasteiger partial charge is 0.351 e. The summed E-state index contributed by atoms with van der Waals surface area (Å²) in [4.78, 5) is 26.2. The number of nitrogens with one attached hydrogen (secondary N) is 1. The SMILES string of the molecule is CCOC(=O)COc1c(C(=O)OC)sc(-c2ccsc2CNCC(C)C)c1Br. The van der Waals surface area contributed by atoms with Crippen molar-refractivity contribution in [1.29, 1.82) is 0 Å². The molecule has 0 amide bonds. The van der Waals surface area contributed by atoms with Gasteiger partial charge in [-0.05, 0) is 46.8 Å². The minimum absolute atomic E-state index is 0.268. The van der Waals surface area contributed by atoms with E-state index in [4.69, 9.17) is 14.2 Å². The van der Waals surface area contributed by atoms with Crippen LogP contribution in [0.4, 0.5) is 0 Å². The van der Waals surface area contributed by atoms with E-state index >= 15 is 0 Å². The Bertz CT molecular complexity index is 815. The van der Waals surface area contributed by atoms with E-state index in [2.05, 4.69) is 35.1 Å². The summed E-state index contributed by atoms with van der Waals surface area (Å²) in [6.07, 6.45) is 0. The summed E-state index contributed by atoms with van der Waals surface area (Å²) in [6.45, 7) is 7.69. The maximum Gasteiger partial charge on any atom is 0.351 e. The van der Waals surface area contributed by atoms with Crippen LogP contribution in [0.2, 0.25) is 0 Å². The van der Waals surface area contributed by atoms with E-state index in [9.17, 15) is 9.59 Å². The molecule has 0 saturated heterocycles. The Labute approximate surface area is 181 Å². The number of esters is 2. The number of carbonyl (C=O) groups excluding carboxylic acids is 2. The number of hydrogen-bond acceptors (Lipinski definition) is 8. The largest absolute Gasteiger partial charge is 0.479 e. The first-order valence-electron chi connectivity index (χ1n) is 8.85. The molecule has 28 heavy (non-hydrogen) atoms. The Morgan fingerprint density at radius 1 is 1.32 bits per heavy atom. The molecule has 0 atom stereocenters. The van der Waals surface area contributed by atoms with Gasteiger partial charge >= 0.3 is 11.9 Å². The molecule has 9 heteroatoms. The van der Waals surface area contributed by atoms with Crippen LogP contribution in [0.15, 0.2) is 15.9 Å². The Hall–Kier alpha value is -1.42. The molecule has 2 heterocycles. The third-order valence-corrected chi connectivity index (χ3v) is 6.77. The zero-order valence-corrected chi connectivity index (χ0v) is 19.5. The van der Waals surface area contributed by atoms with Gasteiger partial charge in [-0.1, -0.05) is 13.8 Å². The predicted octanol–water partition coefficient (Wildman–Crippen LogP) is 4.71. The van der Waals surface area contributed by atoms with Crippen molar-refractivity contribution in [3.8, 4) is 16.2 Å². The summed E-state index contributed by atoms with van der Waals surface area (Å²) < 4.78 is 16.0. The van der Waals surface area contributed by atoms with Crippen molar-refractivity contribution in [3.63, 3.8) is 0 Å². The van der Waals surface area contributed by atoms with E-state index < -0.39 is 11.9 Å². The maximum absolute atomic E-state index is 12.2. The minimum atomic E-state index is -0.509. The highest BCUT2D eigenvalue weighted by molar-refractivity contribution is 9.10. The standard InChI is InChI=1S/C19H24BrNO5S2/c1-5-25-14(22)10-26-16-15(20)17(28-18(16)19(23)24-4)12-6-7-27-13(12)9-21-8-11(2)3/h6-7,11,21H,5,8-10H2,1-4H3. The van der Waals surface area contributed by atoms with Gasteiger partial charge in [0, 0.05) is 17.0 Å². The quantitative estimate of drug-likeness (QED) is 0.487. The molecule has 2 aromatic heterocycles. The van der Waals surface area contributed by atoms with E-state index in [1.807, 2.05) is 11.4 Å². The van der Waals surface area contributed by atoms with Gasteiger partial charge in [-0.15, -0.1) is 22.7 Å². The molecule has 0 aliphatic rings. The highest BCUT2D eigenvalue weighted by Gasteiger charge is 2.26. The number of thiophene rings is 2. The summed E-state index contributed by atoms with van der Waals surface area (Å²) in [5.41, 5.74) is 1.02. The molecule has 0 fully saturated rings. The van der Waals surface area contributed by atoms with Crippen molar-refractivity contribution in [3.05, 3.63) is 25.7 Å². The van der Waals surface area contributed by atoms with E-state index in [1.54, 1.807) is 18.3 Å². The normalized spacial score (nSPS) is 10.9. The molecule has 0 unspecified atom stereocenters. The van der Waals surface area contributed by atoms with Crippen molar-refractivity contribution < 1.29 is 23.8 Å². The Balaban J connectivity index is 2.32. The summed E-state index contributed by atoms with van der Waals surface area (Å²) in [5.74, 6) is -0.143. The zero-order valence-electron chi connectivity index (χ0n) is 16.3. The highest BCUT2D eigenvalue weighted by Crippen LogP contribution is 2.47. The first-order valence-corrected chi connectivity index (χ1v) is 11.3. The van der Waals surface area contributed by atoms with Crippen molar-refractivity contribution >= 4 is 50.5 Å². The van der Waals surface area contributed by atoms with E-state index in [0.717, 1.165) is 28.4 Å². The Morgan fingerprint density at radius 3 is 2.71 bits per heavy atom. The van der Waals surface area contributed by atoms with Crippen LogP contribution in [0.1, 0.15) is 35.3 Å². The average Bonchev–Trinajstić information content (AvgIpc) is 3.23. The monoisotopic (exact) mass is 489 g/mol. The molecular formula is C19H24BrNO5S2. The number of carbonyl (C=O) groups is 2. The van der Waals surface area contributed by atoms with Crippen LogP contribution in [0.3, 0.4) is 0 Å². The van der Waals surface area contributed by atoms with Gasteiger partial charge in [0.2, 0.25) is 0 Å². The second-order valence-electron chi connectivity index (χ2n) is 6.27. The fourth-order valence-corrected chi connectivity index (χ4v) is 5.34. The second kappa shape index (κ2) is 10.9. The lowest BCUT2D eigenvalue weighted by molar-refractivity contribution is -0.145. The first kappa shape index (κ1) is 22.9. The van der Waals surface area contributed by atoms with Crippen molar-refractivity contribution in [2.24, 2.45) is 5.92 Å². The van der Waals surface area contributed by atoms with Crippen molar-refractivity contribution in [2.75, 3.05) is 26.9 Å². The van der Waals surface area contributed by atoms with E-state index in [-0.39, 0.29) is 13.2 Å². The highest BCUT2D eigenvalue weighted by atomic mass is 79.9. The molecule has 0 aliphatic heterocycles. The number of hydrogen-bond donors (Lipinski definition) is 1. The van der Waals surface area contributed by atoms with Crippen LogP contribution < -0.4 is 10.1 Å². The molecular weight excluding hydrogens is 466 g/mol. The number of ether oxygens (including phenoxy) is 3. The lowest BCUT2D eigenvalue weighted by atomic mass is 10.2. The summed E-state index contributed by atoms with van der Waals surface area (Å²) in [5, 5.41) is 5.46. The van der Waals surface area contributed by atoms with Crippen LogP contribution in [-0.4, -0.2) is 38.8 Å². The average molecular weight is 490 g/mol. The van der Waals surface area contributed by atoms with Gasteiger partial charge in [0.05, 0.1) is 23.1 Å². The molecule has 2 rings (SSSR count). The summed E-state index contributed by atoms with van der Waals surface area (Å²) in [7, 11) is 1.32. The van der Waals surface area contributed by atoms with Crippen molar-refractivity contribution in [2.45, 2.75) is 27.3 Å². The Kier molecular flexibility index (Phi) is 8.94. The molecule has 0 spiro atoms. The maximum atomic E-state index is 12.2. The molecule has 0 saturated carbocycles. The van der Waals surface area contributed by atoms with Crippen molar-refractivity contribution in [1.82, 2.24) is 5.32 Å². The zero-order chi connectivity index (χ0) is 20.7. The molecule has 0 radical (unpaired) electrons. The summed E-state index contributed by atoms with van der Waals surface area (Å²) >= 11 is 6.47. The van der Waals surface area contributed by atoms with Gasteiger partial charge in [0.15, 0.2) is 17.2 Å².